The van der Waals surface area contributed by atoms with Gasteiger partial charge in [0, 0.05) is 5.41 Å². The van der Waals surface area contributed by atoms with Crippen molar-refractivity contribution in [1.82, 2.24) is 20.6 Å². The minimum absolute atomic E-state index is 0.0186. The number of aromatic nitrogens is 4. The highest BCUT2D eigenvalue weighted by Gasteiger charge is 2.71. The molecule has 5 fully saturated rings. The molecular formula is C40H63N5O6. The molecule has 6 rings (SSSR count). The van der Waals surface area contributed by atoms with Crippen LogP contribution >= 0.6 is 0 Å². The summed E-state index contributed by atoms with van der Waals surface area (Å²) in [6.07, 6.45) is 11.8. The summed E-state index contributed by atoms with van der Waals surface area (Å²) in [4.78, 5) is 37.4. The van der Waals surface area contributed by atoms with Crippen molar-refractivity contribution in [1.29, 1.82) is 0 Å². The van der Waals surface area contributed by atoms with Gasteiger partial charge >= 0.3 is 17.9 Å². The molecule has 3 N–H and O–H groups in total. The van der Waals surface area contributed by atoms with Crippen LogP contribution in [0.5, 0.6) is 0 Å². The summed E-state index contributed by atoms with van der Waals surface area (Å²) in [5, 5.41) is 25.9. The number of anilines is 1. The van der Waals surface area contributed by atoms with E-state index >= 15 is 0 Å². The molecular weight excluding hydrogens is 646 g/mol. The molecule has 1 aromatic heterocycles. The molecule has 11 nitrogen and oxygen atoms in total. The highest BCUT2D eigenvalue weighted by Crippen LogP contribution is 2.78. The Bertz CT molecular complexity index is 1510. The average Bonchev–Trinajstić information content (AvgIpc) is 3.70. The average molecular weight is 710 g/mol. The first-order valence-electron chi connectivity index (χ1n) is 19.5. The third-order valence-corrected chi connectivity index (χ3v) is 16.2. The Kier molecular flexibility index (Phi) is 9.74. The lowest BCUT2D eigenvalue weighted by Gasteiger charge is -2.73. The number of carbonyl (C=O) groups excluding carboxylic acids is 2. The van der Waals surface area contributed by atoms with Gasteiger partial charge in [0.05, 0.1) is 18.4 Å². The normalized spacial score (nSPS) is 39.8. The number of hydrogen-bond acceptors (Lipinski definition) is 9. The van der Waals surface area contributed by atoms with E-state index in [-0.39, 0.29) is 52.1 Å². The number of aromatic amines is 1. The number of nitrogens with one attached hydrogen (secondary N) is 2. The zero-order valence-corrected chi connectivity index (χ0v) is 32.4. The van der Waals surface area contributed by atoms with Crippen LogP contribution < -0.4 is 5.32 Å². The number of allylic oxidation sites excluding steroid dienone is 1. The number of esters is 2. The second-order valence-electron chi connectivity index (χ2n) is 19.3. The zero-order chi connectivity index (χ0) is 37.2. The number of tetrazole rings is 1. The summed E-state index contributed by atoms with van der Waals surface area (Å²) in [6.45, 7) is 22.8. The maximum Gasteiger partial charge on any atom is 0.325 e. The van der Waals surface area contributed by atoms with Crippen molar-refractivity contribution in [2.24, 2.45) is 62.1 Å². The minimum atomic E-state index is -1.15. The van der Waals surface area contributed by atoms with E-state index in [0.717, 1.165) is 32.1 Å². The highest BCUT2D eigenvalue weighted by molar-refractivity contribution is 5.81. The number of ether oxygens (including phenoxy) is 2. The summed E-state index contributed by atoms with van der Waals surface area (Å²) in [6, 6.07) is 0. The van der Waals surface area contributed by atoms with Gasteiger partial charge < -0.3 is 19.9 Å². The van der Waals surface area contributed by atoms with Gasteiger partial charge in [0.2, 0.25) is 5.95 Å². The number of fused-ring (bicyclic) bond motifs is 7. The van der Waals surface area contributed by atoms with Crippen LogP contribution in [0, 0.1) is 62.1 Å². The summed E-state index contributed by atoms with van der Waals surface area (Å²) in [7, 11) is 0. The zero-order valence-electron chi connectivity index (χ0n) is 32.4. The van der Waals surface area contributed by atoms with E-state index in [2.05, 4.69) is 74.1 Å². The Morgan fingerprint density at radius 3 is 2.35 bits per heavy atom. The van der Waals surface area contributed by atoms with Gasteiger partial charge in [0.1, 0.15) is 12.6 Å². The van der Waals surface area contributed by atoms with Crippen LogP contribution in [-0.2, 0) is 23.9 Å². The molecule has 284 valence electrons. The van der Waals surface area contributed by atoms with Crippen LogP contribution in [0.15, 0.2) is 12.2 Å². The summed E-state index contributed by atoms with van der Waals surface area (Å²) in [5.74, 6) is 1.29. The molecule has 5 aliphatic rings. The number of hydrogen-bond donors (Lipinski definition) is 3. The molecule has 51 heavy (non-hydrogen) atoms. The van der Waals surface area contributed by atoms with Crippen LogP contribution in [0.3, 0.4) is 0 Å². The molecule has 5 aliphatic carbocycles. The molecule has 0 radical (unpaired) electrons. The van der Waals surface area contributed by atoms with Gasteiger partial charge in [0.25, 0.3) is 0 Å². The fourth-order valence-electron chi connectivity index (χ4n) is 13.3. The predicted octanol–water partition coefficient (Wildman–Crippen LogP) is 7.62. The second kappa shape index (κ2) is 13.2. The van der Waals surface area contributed by atoms with E-state index in [1.54, 1.807) is 13.8 Å². The smallest absolute Gasteiger partial charge is 0.325 e. The second-order valence-corrected chi connectivity index (χ2v) is 19.3. The Morgan fingerprint density at radius 2 is 1.69 bits per heavy atom. The fourth-order valence-corrected chi connectivity index (χ4v) is 13.3. The quantitative estimate of drug-likeness (QED) is 0.154. The Balaban J connectivity index is 1.18. The fraction of sp³-hybridized carbons (Fsp3) is 0.850. The number of carboxylic acids is 1. The van der Waals surface area contributed by atoms with Crippen LogP contribution in [-0.4, -0.2) is 62.9 Å². The molecule has 0 aromatic carbocycles. The van der Waals surface area contributed by atoms with Crippen LogP contribution in [0.2, 0.25) is 0 Å². The number of carboxylic acid groups (broad SMARTS) is 1. The van der Waals surface area contributed by atoms with E-state index in [1.165, 1.54) is 44.1 Å². The summed E-state index contributed by atoms with van der Waals surface area (Å²) in [5.41, 5.74) is 0.620. The first-order chi connectivity index (χ1) is 23.8. The molecule has 0 bridgehead atoms. The van der Waals surface area contributed by atoms with Crippen molar-refractivity contribution in [3.05, 3.63) is 12.2 Å². The molecule has 0 unspecified atom stereocenters. The summed E-state index contributed by atoms with van der Waals surface area (Å²) >= 11 is 0. The number of nitrogens with zero attached hydrogens (tertiary/aromatic N) is 3. The van der Waals surface area contributed by atoms with E-state index in [9.17, 15) is 19.5 Å². The van der Waals surface area contributed by atoms with E-state index in [4.69, 9.17) is 9.47 Å². The molecule has 5 saturated carbocycles. The van der Waals surface area contributed by atoms with E-state index in [0.29, 0.717) is 42.1 Å². The van der Waals surface area contributed by atoms with E-state index < -0.39 is 17.4 Å². The largest absolute Gasteiger partial charge is 0.481 e. The van der Waals surface area contributed by atoms with Crippen molar-refractivity contribution >= 4 is 23.9 Å². The van der Waals surface area contributed by atoms with E-state index in [1.807, 2.05) is 0 Å². The number of carbonyl (C=O) groups is 3. The van der Waals surface area contributed by atoms with Crippen molar-refractivity contribution in [2.75, 3.05) is 18.5 Å². The van der Waals surface area contributed by atoms with Gasteiger partial charge in [-0.15, -0.1) is 0 Å². The summed E-state index contributed by atoms with van der Waals surface area (Å²) < 4.78 is 12.0. The number of H-pyrrole nitrogens is 1. The molecule has 1 aromatic rings. The van der Waals surface area contributed by atoms with Gasteiger partial charge in [-0.3, -0.25) is 14.4 Å². The number of rotatable bonds is 11. The van der Waals surface area contributed by atoms with Crippen molar-refractivity contribution < 1.29 is 29.0 Å². The highest BCUT2D eigenvalue weighted by atomic mass is 16.5. The first kappa shape index (κ1) is 37.8. The molecule has 1 heterocycles. The lowest BCUT2D eigenvalue weighted by Crippen LogP contribution is -2.66. The molecule has 11 heteroatoms. The Morgan fingerprint density at radius 1 is 0.941 bits per heavy atom. The van der Waals surface area contributed by atoms with Gasteiger partial charge in [0.15, 0.2) is 0 Å². The standard InChI is InChI=1S/C40H63N5O6/c1-24(2)25-12-17-40(20-21-50-31(47)23-41-34-42-44-45-43-34)19-18-38(8)26(32(25)40)10-11-28-37(7)15-14-29(51-30(46)22-35(3,4)33(48)49)36(5,6)27(37)13-16-39(28,38)9/h25-29,32H,1,10-23H2,2-9H3,(H,48,49)(H2,41,42,43,44,45)/t25-,26+,27-,28+,29-,32+,37-,38+,39+,40+/m0/s1. The lowest BCUT2D eigenvalue weighted by molar-refractivity contribution is -0.251. The van der Waals surface area contributed by atoms with Gasteiger partial charge in [-0.25, -0.2) is 5.10 Å². The monoisotopic (exact) mass is 709 g/mol. The maximum absolute atomic E-state index is 13.1. The van der Waals surface area contributed by atoms with Gasteiger partial charge in [-0.2, -0.15) is 0 Å². The van der Waals surface area contributed by atoms with Crippen LogP contribution in [0.1, 0.15) is 132 Å². The third-order valence-electron chi connectivity index (χ3n) is 16.2. The Labute approximate surface area is 304 Å². The SMILES string of the molecule is C=C(C)[C@@H]1CC[C@]2(CCOC(=O)CNc3nnn[nH]3)CC[C@]3(C)[C@H](CC[C@@H]4[C@@]5(C)CC[C@H](OC(=O)CC(C)(C)C(=O)O)C(C)(C)[C@@H]5CC[C@]43C)[C@@H]12. The van der Waals surface area contributed by atoms with Crippen molar-refractivity contribution in [2.45, 2.75) is 139 Å². The van der Waals surface area contributed by atoms with Crippen molar-refractivity contribution in [3.63, 3.8) is 0 Å². The molecule has 0 spiro atoms. The lowest BCUT2D eigenvalue weighted by atomic mass is 9.32. The molecule has 0 amide bonds. The predicted molar refractivity (Wildman–Crippen MR) is 193 cm³/mol. The number of aliphatic carboxylic acids is 1. The van der Waals surface area contributed by atoms with Crippen LogP contribution in [0.4, 0.5) is 5.95 Å². The van der Waals surface area contributed by atoms with Gasteiger partial charge in [-0.1, -0.05) is 51.9 Å². The molecule has 0 aliphatic heterocycles. The molecule has 0 saturated heterocycles. The maximum atomic E-state index is 13.1. The van der Waals surface area contributed by atoms with Gasteiger partial charge in [-0.05, 0) is 153 Å². The van der Waals surface area contributed by atoms with Crippen LogP contribution in [0.25, 0.3) is 0 Å². The third kappa shape index (κ3) is 6.20. The molecule has 10 atom stereocenters. The Hall–Kier alpha value is -2.98. The minimum Gasteiger partial charge on any atom is -0.481 e. The van der Waals surface area contributed by atoms with Crippen molar-refractivity contribution in [3.8, 4) is 0 Å². The topological polar surface area (TPSA) is 156 Å². The first-order valence-corrected chi connectivity index (χ1v) is 19.5.